The van der Waals surface area contributed by atoms with Crippen LogP contribution in [0, 0.1) is 5.82 Å². The van der Waals surface area contributed by atoms with Gasteiger partial charge in [0, 0.05) is 24.2 Å². The van der Waals surface area contributed by atoms with Crippen molar-refractivity contribution in [3.8, 4) is 0 Å². The molecule has 0 fully saturated rings. The van der Waals surface area contributed by atoms with E-state index in [0.29, 0.717) is 22.5 Å². The number of hydrogen-bond donors (Lipinski definition) is 1. The summed E-state index contributed by atoms with van der Waals surface area (Å²) in [5, 5.41) is 10.7. The molecule has 0 aliphatic rings. The van der Waals surface area contributed by atoms with Crippen LogP contribution in [0.2, 0.25) is 0 Å². The molecule has 6 nitrogen and oxygen atoms in total. The van der Waals surface area contributed by atoms with Crippen LogP contribution in [0.1, 0.15) is 18.1 Å². The van der Waals surface area contributed by atoms with Gasteiger partial charge in [0.05, 0.1) is 17.7 Å². The average Bonchev–Trinajstić information content (AvgIpc) is 2.70. The van der Waals surface area contributed by atoms with Gasteiger partial charge in [0.2, 0.25) is 0 Å². The number of benzene rings is 2. The fraction of sp³-hybridized carbons (Fsp3) is 0.136. The van der Waals surface area contributed by atoms with Gasteiger partial charge in [-0.2, -0.15) is 0 Å². The molecule has 0 bridgehead atoms. The molecule has 3 aromatic rings. The second kappa shape index (κ2) is 8.52. The van der Waals surface area contributed by atoms with Gasteiger partial charge in [-0.05, 0) is 36.8 Å². The standard InChI is InChI=1S/C22H18FNO5/c1-2-29-22(28)20(26)11-19(25)17-13-24(12-14-6-5-7-15(23)10-14)18-9-4-3-8-16(18)21(17)27/h3-11,13,25H,2,12H2,1H3/b19-11-. The summed E-state index contributed by atoms with van der Waals surface area (Å²) < 4.78 is 19.8. The lowest BCUT2D eigenvalue weighted by atomic mass is 10.1. The number of aliphatic hydroxyl groups excluding tert-OH is 1. The highest BCUT2D eigenvalue weighted by atomic mass is 19.1. The van der Waals surface area contributed by atoms with Crippen LogP contribution in [-0.4, -0.2) is 28.0 Å². The Hall–Kier alpha value is -3.74. The first-order valence-corrected chi connectivity index (χ1v) is 8.89. The van der Waals surface area contributed by atoms with E-state index in [-0.39, 0.29) is 18.7 Å². The van der Waals surface area contributed by atoms with E-state index in [4.69, 9.17) is 0 Å². The molecule has 0 saturated carbocycles. The van der Waals surface area contributed by atoms with Crippen molar-refractivity contribution in [1.29, 1.82) is 0 Å². The number of nitrogens with zero attached hydrogens (tertiary/aromatic N) is 1. The van der Waals surface area contributed by atoms with Crippen molar-refractivity contribution in [2.24, 2.45) is 0 Å². The number of ether oxygens (including phenoxy) is 1. The van der Waals surface area contributed by atoms with Crippen molar-refractivity contribution in [2.75, 3.05) is 6.61 Å². The van der Waals surface area contributed by atoms with E-state index >= 15 is 0 Å². The number of ketones is 1. The zero-order valence-corrected chi connectivity index (χ0v) is 15.6. The lowest BCUT2D eigenvalue weighted by molar-refractivity contribution is -0.151. The van der Waals surface area contributed by atoms with Crippen LogP contribution in [0.3, 0.4) is 0 Å². The Morgan fingerprint density at radius 1 is 1.17 bits per heavy atom. The molecule has 0 aliphatic carbocycles. The van der Waals surface area contributed by atoms with E-state index < -0.39 is 28.8 Å². The van der Waals surface area contributed by atoms with Gasteiger partial charge in [0.1, 0.15) is 11.6 Å². The highest BCUT2D eigenvalue weighted by Gasteiger charge is 2.17. The van der Waals surface area contributed by atoms with Crippen molar-refractivity contribution in [2.45, 2.75) is 13.5 Å². The number of fused-ring (bicyclic) bond motifs is 1. The van der Waals surface area contributed by atoms with Crippen LogP contribution >= 0.6 is 0 Å². The fourth-order valence-corrected chi connectivity index (χ4v) is 2.95. The number of aromatic nitrogens is 1. The highest BCUT2D eigenvalue weighted by Crippen LogP contribution is 2.17. The zero-order chi connectivity index (χ0) is 21.0. The molecule has 1 N–H and O–H groups in total. The first-order chi connectivity index (χ1) is 13.9. The van der Waals surface area contributed by atoms with Gasteiger partial charge in [-0.15, -0.1) is 0 Å². The van der Waals surface area contributed by atoms with Crippen LogP contribution in [0.25, 0.3) is 16.7 Å². The van der Waals surface area contributed by atoms with Crippen LogP contribution in [-0.2, 0) is 20.9 Å². The third-order valence-corrected chi connectivity index (χ3v) is 4.25. The third-order valence-electron chi connectivity index (χ3n) is 4.25. The monoisotopic (exact) mass is 395 g/mol. The SMILES string of the molecule is CCOC(=O)C(=O)/C=C(\O)c1cn(Cc2cccc(F)c2)c2ccccc2c1=O. The Morgan fingerprint density at radius 3 is 2.66 bits per heavy atom. The van der Waals surface area contributed by atoms with E-state index in [9.17, 15) is 23.9 Å². The average molecular weight is 395 g/mol. The molecule has 2 aromatic carbocycles. The van der Waals surface area contributed by atoms with E-state index in [1.54, 1.807) is 47.9 Å². The summed E-state index contributed by atoms with van der Waals surface area (Å²) in [5.41, 5.74) is 0.574. The summed E-state index contributed by atoms with van der Waals surface area (Å²) in [7, 11) is 0. The number of halogens is 1. The Bertz CT molecular complexity index is 1180. The van der Waals surface area contributed by atoms with Gasteiger partial charge < -0.3 is 14.4 Å². The second-order valence-corrected chi connectivity index (χ2v) is 6.26. The summed E-state index contributed by atoms with van der Waals surface area (Å²) in [5.74, 6) is -3.24. The van der Waals surface area contributed by atoms with E-state index in [0.717, 1.165) is 0 Å². The molecule has 148 valence electrons. The minimum Gasteiger partial charge on any atom is -0.507 e. The predicted molar refractivity (Wildman–Crippen MR) is 106 cm³/mol. The summed E-state index contributed by atoms with van der Waals surface area (Å²) in [6.07, 6.45) is 2.04. The maximum Gasteiger partial charge on any atom is 0.379 e. The van der Waals surface area contributed by atoms with Gasteiger partial charge in [0.25, 0.3) is 5.78 Å². The molecular weight excluding hydrogens is 377 g/mol. The van der Waals surface area contributed by atoms with Gasteiger partial charge in [-0.25, -0.2) is 9.18 Å². The fourth-order valence-electron chi connectivity index (χ4n) is 2.95. The van der Waals surface area contributed by atoms with Gasteiger partial charge >= 0.3 is 5.97 Å². The molecule has 1 aromatic heterocycles. The molecule has 0 radical (unpaired) electrons. The number of aliphatic hydroxyl groups is 1. The molecule has 0 unspecified atom stereocenters. The molecular formula is C22H18FNO5. The third kappa shape index (κ3) is 4.40. The highest BCUT2D eigenvalue weighted by molar-refractivity contribution is 6.39. The minimum absolute atomic E-state index is 0.00951. The maximum atomic E-state index is 13.5. The molecule has 0 atom stereocenters. The number of hydrogen-bond acceptors (Lipinski definition) is 5. The molecule has 7 heteroatoms. The van der Waals surface area contributed by atoms with Crippen molar-refractivity contribution in [1.82, 2.24) is 4.57 Å². The molecule has 29 heavy (non-hydrogen) atoms. The van der Waals surface area contributed by atoms with Gasteiger partial charge in [-0.3, -0.25) is 9.59 Å². The smallest absolute Gasteiger partial charge is 0.379 e. The van der Waals surface area contributed by atoms with Crippen molar-refractivity contribution >= 4 is 28.4 Å². The summed E-state index contributed by atoms with van der Waals surface area (Å²) >= 11 is 0. The van der Waals surface area contributed by atoms with Crippen molar-refractivity contribution < 1.29 is 23.8 Å². The number of esters is 1. The van der Waals surface area contributed by atoms with Gasteiger partial charge in [0.15, 0.2) is 5.43 Å². The van der Waals surface area contributed by atoms with Crippen LogP contribution < -0.4 is 5.43 Å². The topological polar surface area (TPSA) is 85.6 Å². The lowest BCUT2D eigenvalue weighted by Gasteiger charge is -2.13. The number of carbonyl (C=O) groups is 2. The first-order valence-electron chi connectivity index (χ1n) is 8.89. The number of pyridine rings is 1. The Labute approximate surface area is 165 Å². The Balaban J connectivity index is 2.11. The second-order valence-electron chi connectivity index (χ2n) is 6.26. The Morgan fingerprint density at radius 2 is 1.93 bits per heavy atom. The predicted octanol–water partition coefficient (Wildman–Crippen LogP) is 3.22. The first kappa shape index (κ1) is 20.0. The molecule has 3 rings (SSSR count). The van der Waals surface area contributed by atoms with E-state index in [1.165, 1.54) is 18.3 Å². The summed E-state index contributed by atoms with van der Waals surface area (Å²) in [6, 6.07) is 12.7. The summed E-state index contributed by atoms with van der Waals surface area (Å²) in [4.78, 5) is 36.1. The van der Waals surface area contributed by atoms with E-state index in [2.05, 4.69) is 4.74 Å². The molecule has 0 aliphatic heterocycles. The van der Waals surface area contributed by atoms with Crippen molar-refractivity contribution in [3.63, 3.8) is 0 Å². The normalized spacial score (nSPS) is 11.4. The molecule has 0 amide bonds. The van der Waals surface area contributed by atoms with Crippen LogP contribution in [0.15, 0.2) is 65.6 Å². The molecule has 0 saturated heterocycles. The number of rotatable bonds is 6. The van der Waals surface area contributed by atoms with Crippen molar-refractivity contribution in [3.05, 3.63) is 88.0 Å². The van der Waals surface area contributed by atoms with Crippen LogP contribution in [0.5, 0.6) is 0 Å². The summed E-state index contributed by atoms with van der Waals surface area (Å²) in [6.45, 7) is 1.78. The molecule has 0 spiro atoms. The molecule has 1 heterocycles. The van der Waals surface area contributed by atoms with E-state index in [1.807, 2.05) is 0 Å². The Kier molecular flexibility index (Phi) is 5.87. The largest absolute Gasteiger partial charge is 0.507 e. The number of carbonyl (C=O) groups excluding carboxylic acids is 2. The lowest BCUT2D eigenvalue weighted by Crippen LogP contribution is -2.18. The zero-order valence-electron chi connectivity index (χ0n) is 15.6. The van der Waals surface area contributed by atoms with Gasteiger partial charge in [-0.1, -0.05) is 24.3 Å². The number of para-hydroxylation sites is 1. The maximum absolute atomic E-state index is 13.5. The van der Waals surface area contributed by atoms with Crippen LogP contribution in [0.4, 0.5) is 4.39 Å². The quantitative estimate of drug-likeness (QED) is 0.300. The minimum atomic E-state index is -1.13.